The topological polar surface area (TPSA) is 24.6 Å². The Kier molecular flexibility index (Phi) is 6.86. The zero-order chi connectivity index (χ0) is 36.8. The fourth-order valence-corrected chi connectivity index (χ4v) is 8.97. The van der Waals surface area contributed by atoms with Gasteiger partial charge in [-0.25, -0.2) is 0 Å². The monoisotopic (exact) mass is 707 g/mol. The Morgan fingerprint density at radius 1 is 0.455 bits per heavy atom. The minimum Gasteiger partial charge on any atom is -0.456 e. The number of hydrogen-bond acceptors (Lipinski definition) is 3. The van der Waals surface area contributed by atoms with E-state index in [0.29, 0.717) is 0 Å². The van der Waals surface area contributed by atoms with Crippen molar-refractivity contribution < 1.29 is 4.42 Å². The Balaban J connectivity index is 1.11. The number of aryl methyl sites for hydroxylation is 2. The van der Waals surface area contributed by atoms with Crippen LogP contribution in [0.4, 0.5) is 34.1 Å². The predicted octanol–water partition coefficient (Wildman–Crippen LogP) is 14.5. The van der Waals surface area contributed by atoms with Crippen molar-refractivity contribution in [2.24, 2.45) is 0 Å². The summed E-state index contributed by atoms with van der Waals surface area (Å²) in [6.45, 7) is 6.63. The summed E-state index contributed by atoms with van der Waals surface area (Å²) < 4.78 is 8.99. The quantitative estimate of drug-likeness (QED) is 0.178. The SMILES string of the molecule is Cc1ccccc1-c1cccc(N(c2ccc3oc4ccc(N5c6ccccc6-n6c7ccccc7c7cccc5c76)cc4c3c2)c2ccccc2C)c1C. The molecule has 0 bridgehead atoms. The fraction of sp³-hybridized carbons (Fsp3) is 0.0588. The van der Waals surface area contributed by atoms with Crippen LogP contribution in [0.2, 0.25) is 0 Å². The molecule has 4 heteroatoms. The Hall–Kier alpha value is -7.04. The van der Waals surface area contributed by atoms with E-state index in [9.17, 15) is 0 Å². The first kappa shape index (κ1) is 31.5. The molecule has 0 saturated heterocycles. The molecule has 0 N–H and O–H groups in total. The first-order valence-corrected chi connectivity index (χ1v) is 18.9. The van der Waals surface area contributed by atoms with Gasteiger partial charge in [-0.1, -0.05) is 97.1 Å². The molecule has 0 atom stereocenters. The second kappa shape index (κ2) is 12.0. The van der Waals surface area contributed by atoms with Gasteiger partial charge in [-0.2, -0.15) is 0 Å². The summed E-state index contributed by atoms with van der Waals surface area (Å²) in [7, 11) is 0. The van der Waals surface area contributed by atoms with Crippen molar-refractivity contribution >= 4 is 77.9 Å². The van der Waals surface area contributed by atoms with E-state index in [1.807, 2.05) is 0 Å². The Morgan fingerprint density at radius 3 is 1.95 bits per heavy atom. The van der Waals surface area contributed by atoms with Gasteiger partial charge in [0.2, 0.25) is 0 Å². The predicted molar refractivity (Wildman–Crippen MR) is 231 cm³/mol. The molecule has 262 valence electrons. The van der Waals surface area contributed by atoms with E-state index in [-0.39, 0.29) is 0 Å². The molecule has 1 aliphatic heterocycles. The highest BCUT2D eigenvalue weighted by molar-refractivity contribution is 6.17. The van der Waals surface area contributed by atoms with E-state index in [4.69, 9.17) is 4.42 Å². The molecule has 0 amide bonds. The van der Waals surface area contributed by atoms with Crippen LogP contribution in [-0.2, 0) is 0 Å². The number of anilines is 6. The lowest BCUT2D eigenvalue weighted by atomic mass is 9.95. The summed E-state index contributed by atoms with van der Waals surface area (Å²) in [5.74, 6) is 0. The zero-order valence-corrected chi connectivity index (χ0v) is 30.9. The second-order valence-electron chi connectivity index (χ2n) is 14.7. The summed E-state index contributed by atoms with van der Waals surface area (Å²) in [6.07, 6.45) is 0. The van der Waals surface area contributed by atoms with Gasteiger partial charge in [0, 0.05) is 44.3 Å². The van der Waals surface area contributed by atoms with Crippen LogP contribution in [0.3, 0.4) is 0 Å². The Labute approximate surface area is 319 Å². The molecular weight excluding hydrogens is 671 g/mol. The largest absolute Gasteiger partial charge is 0.456 e. The van der Waals surface area contributed by atoms with E-state index >= 15 is 0 Å². The molecule has 2 aromatic heterocycles. The number of fused-ring (bicyclic) bond motifs is 8. The number of benzene rings is 8. The van der Waals surface area contributed by atoms with Crippen molar-refractivity contribution in [1.82, 2.24) is 4.57 Å². The maximum atomic E-state index is 6.56. The van der Waals surface area contributed by atoms with Crippen LogP contribution in [-0.4, -0.2) is 4.57 Å². The van der Waals surface area contributed by atoms with Gasteiger partial charge in [0.05, 0.1) is 28.1 Å². The van der Waals surface area contributed by atoms with Crippen LogP contribution in [0, 0.1) is 20.8 Å². The molecule has 10 aromatic rings. The van der Waals surface area contributed by atoms with E-state index < -0.39 is 0 Å². The lowest BCUT2D eigenvalue weighted by Gasteiger charge is -2.33. The maximum Gasteiger partial charge on any atom is 0.135 e. The highest BCUT2D eigenvalue weighted by Gasteiger charge is 2.29. The third kappa shape index (κ3) is 4.64. The summed E-state index contributed by atoms with van der Waals surface area (Å²) in [6, 6.07) is 61.4. The summed E-state index contributed by atoms with van der Waals surface area (Å²) in [5, 5.41) is 4.68. The minimum atomic E-state index is 0.868. The van der Waals surface area contributed by atoms with Crippen LogP contribution >= 0.6 is 0 Å². The molecule has 0 spiro atoms. The minimum absolute atomic E-state index is 0.868. The number of rotatable bonds is 5. The Bertz CT molecular complexity index is 3160. The maximum absolute atomic E-state index is 6.56. The first-order valence-electron chi connectivity index (χ1n) is 18.9. The van der Waals surface area contributed by atoms with E-state index in [2.05, 4.69) is 205 Å². The number of para-hydroxylation sites is 5. The number of nitrogens with zero attached hydrogens (tertiary/aromatic N) is 3. The molecule has 3 heterocycles. The average Bonchev–Trinajstić information content (AvgIpc) is 3.76. The normalized spacial score (nSPS) is 12.2. The van der Waals surface area contributed by atoms with E-state index in [0.717, 1.165) is 56.1 Å². The lowest BCUT2D eigenvalue weighted by molar-refractivity contribution is 0.669. The van der Waals surface area contributed by atoms with Crippen molar-refractivity contribution in [2.45, 2.75) is 20.8 Å². The van der Waals surface area contributed by atoms with Crippen molar-refractivity contribution in [3.63, 3.8) is 0 Å². The first-order chi connectivity index (χ1) is 27.0. The third-order valence-corrected chi connectivity index (χ3v) is 11.6. The molecule has 0 saturated carbocycles. The highest BCUT2D eigenvalue weighted by atomic mass is 16.3. The van der Waals surface area contributed by atoms with Crippen molar-refractivity contribution in [1.29, 1.82) is 0 Å². The van der Waals surface area contributed by atoms with Crippen LogP contribution in [0.15, 0.2) is 174 Å². The standard InChI is InChI=1S/C51H37N3O/c1-32-14-4-6-16-37(32)38-18-12-24-44(34(38)3)52(43-20-8-5-15-33(43)2)35-26-28-49-41(30-35)42-31-36(27-29-50(42)55-49)53-46-22-10-11-23-47(46)54-45-21-9-7-17-39(45)40-19-13-25-48(53)51(40)54/h4-31H,1-3H3. The van der Waals surface area contributed by atoms with Gasteiger partial charge in [0.25, 0.3) is 0 Å². The molecule has 11 rings (SSSR count). The van der Waals surface area contributed by atoms with Gasteiger partial charge in [-0.15, -0.1) is 0 Å². The highest BCUT2D eigenvalue weighted by Crippen LogP contribution is 2.50. The molecule has 8 aromatic carbocycles. The molecule has 0 unspecified atom stereocenters. The smallest absolute Gasteiger partial charge is 0.135 e. The molecule has 4 nitrogen and oxygen atoms in total. The summed E-state index contributed by atoms with van der Waals surface area (Å²) >= 11 is 0. The number of furan rings is 1. The van der Waals surface area contributed by atoms with Crippen LogP contribution < -0.4 is 9.80 Å². The van der Waals surface area contributed by atoms with Crippen molar-refractivity contribution in [3.05, 3.63) is 187 Å². The van der Waals surface area contributed by atoms with Gasteiger partial charge >= 0.3 is 0 Å². The summed E-state index contributed by atoms with van der Waals surface area (Å²) in [5.41, 5.74) is 18.3. The number of aromatic nitrogens is 1. The Morgan fingerprint density at radius 2 is 1.09 bits per heavy atom. The van der Waals surface area contributed by atoms with Gasteiger partial charge in [0.1, 0.15) is 11.2 Å². The van der Waals surface area contributed by atoms with Gasteiger partial charge in [-0.3, -0.25) is 0 Å². The van der Waals surface area contributed by atoms with Gasteiger partial charge in [-0.05, 0) is 121 Å². The molecule has 0 fully saturated rings. The van der Waals surface area contributed by atoms with Crippen LogP contribution in [0.25, 0.3) is 60.6 Å². The molecule has 1 aliphatic rings. The second-order valence-corrected chi connectivity index (χ2v) is 14.7. The van der Waals surface area contributed by atoms with Crippen molar-refractivity contribution in [2.75, 3.05) is 9.80 Å². The van der Waals surface area contributed by atoms with E-state index in [1.165, 1.54) is 55.3 Å². The molecule has 55 heavy (non-hydrogen) atoms. The average molecular weight is 708 g/mol. The number of hydrogen-bond donors (Lipinski definition) is 0. The fourth-order valence-electron chi connectivity index (χ4n) is 8.97. The van der Waals surface area contributed by atoms with E-state index in [1.54, 1.807) is 0 Å². The molecule has 0 radical (unpaired) electrons. The van der Waals surface area contributed by atoms with Crippen LogP contribution in [0.1, 0.15) is 16.7 Å². The third-order valence-electron chi connectivity index (χ3n) is 11.6. The lowest BCUT2D eigenvalue weighted by Crippen LogP contribution is -2.17. The zero-order valence-electron chi connectivity index (χ0n) is 30.9. The summed E-state index contributed by atoms with van der Waals surface area (Å²) in [4.78, 5) is 4.83. The van der Waals surface area contributed by atoms with Crippen LogP contribution in [0.5, 0.6) is 0 Å². The van der Waals surface area contributed by atoms with Gasteiger partial charge in [0.15, 0.2) is 0 Å². The van der Waals surface area contributed by atoms with Crippen molar-refractivity contribution in [3.8, 4) is 16.8 Å². The van der Waals surface area contributed by atoms with Gasteiger partial charge < -0.3 is 18.8 Å². The molecule has 0 aliphatic carbocycles. The molecular formula is C51H37N3O.